The average molecular weight is 1420 g/mol. The first kappa shape index (κ1) is 65.1. The van der Waals surface area contributed by atoms with Crippen LogP contribution in [0, 0.1) is 6.92 Å². The highest BCUT2D eigenvalue weighted by Gasteiger charge is 2.55. The van der Waals surface area contributed by atoms with E-state index in [4.69, 9.17) is 18.9 Å². The van der Waals surface area contributed by atoms with Gasteiger partial charge in [-0.3, -0.25) is 9.59 Å². The highest BCUT2D eigenvalue weighted by molar-refractivity contribution is 9.11. The van der Waals surface area contributed by atoms with Crippen molar-refractivity contribution in [2.45, 2.75) is 195 Å². The lowest BCUT2D eigenvalue weighted by Gasteiger charge is -2.29. The molecule has 0 bridgehead atoms. The number of fused-ring (bicyclic) bond motifs is 8. The van der Waals surface area contributed by atoms with Crippen LogP contribution in [0.15, 0.2) is 50.0 Å². The molecular weight excluding hydrogens is 1330 g/mol. The van der Waals surface area contributed by atoms with Crippen LogP contribution in [0.1, 0.15) is 151 Å². The van der Waals surface area contributed by atoms with Gasteiger partial charge in [-0.25, -0.2) is 0 Å². The van der Waals surface area contributed by atoms with E-state index in [1.807, 2.05) is 57.5 Å². The van der Waals surface area contributed by atoms with E-state index >= 15 is 0 Å². The molecule has 0 amide bonds. The summed E-state index contributed by atoms with van der Waals surface area (Å²) >= 11 is 19.8. The third-order valence-corrected chi connectivity index (χ3v) is 36.1. The van der Waals surface area contributed by atoms with Gasteiger partial charge in [0, 0.05) is 46.6 Å². The lowest BCUT2D eigenvalue weighted by Crippen LogP contribution is -2.39. The van der Waals surface area contributed by atoms with Crippen molar-refractivity contribution in [1.82, 2.24) is 0 Å². The maximum atomic E-state index is 14.4. The van der Waals surface area contributed by atoms with Gasteiger partial charge in [-0.05, 0) is 150 Å². The lowest BCUT2D eigenvalue weighted by molar-refractivity contribution is -0.126. The van der Waals surface area contributed by atoms with Gasteiger partial charge in [-0.1, -0.05) is 137 Å². The second-order valence-corrected chi connectivity index (χ2v) is 51.8. The first-order valence-corrected chi connectivity index (χ1v) is 47.6. The number of ketones is 2. The Morgan fingerprint density at radius 3 is 1.23 bits per heavy atom. The quantitative estimate of drug-likeness (QED) is 0.0559. The lowest BCUT2D eigenvalue weighted by atomic mass is 9.89. The molecule has 6 nitrogen and oxygen atoms in total. The van der Waals surface area contributed by atoms with Crippen molar-refractivity contribution in [3.8, 4) is 39.0 Å². The van der Waals surface area contributed by atoms with E-state index in [-0.39, 0.29) is 11.6 Å². The molecule has 444 valence electrons. The van der Waals surface area contributed by atoms with Crippen LogP contribution in [0.5, 0.6) is 0 Å². The van der Waals surface area contributed by atoms with Crippen molar-refractivity contribution in [2.75, 3.05) is 26.4 Å². The first-order valence-electron chi connectivity index (χ1n) is 29.8. The molecule has 2 spiro atoms. The molecule has 11 rings (SSSR count). The molecule has 0 saturated carbocycles. The topological polar surface area (TPSA) is 71.1 Å². The maximum Gasteiger partial charge on any atom is 0.263 e. The number of carbonyl (C=O) groups excluding carboxylic acids is 2. The van der Waals surface area contributed by atoms with Gasteiger partial charge in [-0.15, -0.1) is 68.0 Å². The molecule has 0 aromatic carbocycles. The van der Waals surface area contributed by atoms with Crippen molar-refractivity contribution in [3.63, 3.8) is 0 Å². The van der Waals surface area contributed by atoms with E-state index in [2.05, 4.69) is 149 Å². The predicted octanol–water partition coefficient (Wildman–Crippen LogP) is 20.8. The number of aryl methyl sites for hydroxylation is 4. The van der Waals surface area contributed by atoms with E-state index in [1.54, 1.807) is 58.6 Å². The number of rotatable bonds is 20. The Kier molecular flexibility index (Phi) is 21.6. The number of thiophene rings is 7. The highest BCUT2D eigenvalue weighted by Crippen LogP contribution is 2.57. The van der Waals surface area contributed by atoms with Gasteiger partial charge in [0.1, 0.15) is 0 Å². The molecule has 2 fully saturated rings. The van der Waals surface area contributed by atoms with Gasteiger partial charge < -0.3 is 18.9 Å². The van der Waals surface area contributed by atoms with Crippen molar-refractivity contribution < 1.29 is 28.5 Å². The van der Waals surface area contributed by atoms with Crippen molar-refractivity contribution in [3.05, 3.63) is 93.9 Å². The van der Waals surface area contributed by atoms with E-state index in [0.29, 0.717) is 32.0 Å². The number of hydrogen-bond acceptors (Lipinski definition) is 13. The molecule has 4 aliphatic rings. The Bertz CT molecular complexity index is 3350. The maximum absolute atomic E-state index is 14.4. The summed E-state index contributed by atoms with van der Waals surface area (Å²) < 4.78 is 30.9. The Labute approximate surface area is 537 Å². The van der Waals surface area contributed by atoms with Crippen LogP contribution in [-0.4, -0.2) is 62.2 Å². The summed E-state index contributed by atoms with van der Waals surface area (Å²) in [7, 11) is -4.12. The van der Waals surface area contributed by atoms with Crippen molar-refractivity contribution in [2.24, 2.45) is 0 Å². The fourth-order valence-corrected chi connectivity index (χ4v) is 28.7. The number of unbranched alkanes of at least 4 members (excludes halogenated alkanes) is 9. The minimum absolute atomic E-state index is 0.0308. The Balaban J connectivity index is 0.000000187. The van der Waals surface area contributed by atoms with Crippen LogP contribution in [0.4, 0.5) is 0 Å². The number of hydrogen-bond donors (Lipinski definition) is 0. The van der Waals surface area contributed by atoms with E-state index < -0.39 is 35.8 Å². The Hall–Kier alpha value is -1.31. The number of carbonyl (C=O) groups is 2. The average Bonchev–Trinajstić information content (AvgIpc) is 4.00. The minimum Gasteiger partial charge on any atom is -0.337 e. The minimum atomic E-state index is -1.51. The highest BCUT2D eigenvalue weighted by atomic mass is 79.9. The third-order valence-electron chi connectivity index (χ3n) is 15.4. The number of Topliss-reactive ketones (excluding diaryl/α,β-unsaturated/α-hetero) is 2. The molecule has 7 aromatic heterocycles. The zero-order valence-electron chi connectivity index (χ0n) is 50.5. The summed E-state index contributed by atoms with van der Waals surface area (Å²) in [4.78, 5) is 38.0. The molecule has 0 unspecified atom stereocenters. The zero-order chi connectivity index (χ0) is 58.9. The molecule has 0 N–H and O–H groups in total. The fourth-order valence-electron chi connectivity index (χ4n) is 11.6. The zero-order valence-corrected chi connectivity index (χ0v) is 62.4. The van der Waals surface area contributed by atoms with E-state index in [0.717, 1.165) is 56.6 Å². The molecule has 2 aliphatic heterocycles. The van der Waals surface area contributed by atoms with E-state index in [9.17, 15) is 9.59 Å². The van der Waals surface area contributed by atoms with Gasteiger partial charge in [0.25, 0.3) is 11.6 Å². The second-order valence-electron chi connectivity index (χ2n) is 25.4. The summed E-state index contributed by atoms with van der Waals surface area (Å²) in [6, 6.07) is 15.5. The number of halogens is 2. The summed E-state index contributed by atoms with van der Waals surface area (Å²) in [5.74, 6) is -2.68. The normalized spacial score (nSPS) is 16.1. The summed E-state index contributed by atoms with van der Waals surface area (Å²) in [5.41, 5.74) is 7.94. The van der Waals surface area contributed by atoms with Crippen LogP contribution >= 0.6 is 111 Å². The number of ether oxygens (including phenoxy) is 4. The molecule has 0 atom stereocenters. The van der Waals surface area contributed by atoms with Crippen LogP contribution in [0.2, 0.25) is 58.9 Å². The third kappa shape index (κ3) is 13.9. The molecular formula is C64H84Br2O6S7Si3. The van der Waals surface area contributed by atoms with Gasteiger partial charge in [0.15, 0.2) is 0 Å². The molecule has 18 heteroatoms. The van der Waals surface area contributed by atoms with Gasteiger partial charge in [0.05, 0.1) is 77.7 Å². The molecule has 2 aliphatic carbocycles. The van der Waals surface area contributed by atoms with Crippen LogP contribution < -0.4 is 13.5 Å². The summed E-state index contributed by atoms with van der Waals surface area (Å²) in [6.45, 7) is 33.1. The van der Waals surface area contributed by atoms with Gasteiger partial charge >= 0.3 is 0 Å². The largest absolute Gasteiger partial charge is 0.337 e. The summed E-state index contributed by atoms with van der Waals surface area (Å²) in [6.07, 6.45) is 19.4. The monoisotopic (exact) mass is 1410 g/mol. The molecule has 9 heterocycles. The van der Waals surface area contributed by atoms with Crippen LogP contribution in [0.25, 0.3) is 39.0 Å². The molecule has 7 aromatic rings. The fraction of sp³-hybridized carbons (Fsp3) is 0.531. The van der Waals surface area contributed by atoms with E-state index in [1.165, 1.54) is 113 Å². The standard InChI is InChI=1S/C38H52O3S4Si2.C14H26SSi.C12H6Br2O3S2/c1-9-11-13-15-17-25-21-29(44-36(25)46(3,4)5)31-23-27-33(42-31)34-28(38(35(27)39)40-19-20-41-38)24-32(43-34)30-22-26(18-16-14-12-10-2)37(45-30)47(6,7)8;1-6-7-8-9-10-13-11-12(2)15-14(13)16(3,4)5;13-7-3-5-9(18-7)10-6(4-8(14)19-10)12(11(5)15)16-1-2-17-12/h21-24H,9-20H2,1-8H3;11H,6-10H2,1-5H3;3-4H,1-2H2. The molecule has 82 heavy (non-hydrogen) atoms. The first-order chi connectivity index (χ1) is 38.9. The Morgan fingerprint density at radius 1 is 0.415 bits per heavy atom. The smallest absolute Gasteiger partial charge is 0.263 e. The molecule has 2 saturated heterocycles. The SMILES string of the molecule is CCCCCCc1cc(-c2cc3c(s2)-c2sc(-c4cc(CCCCCC)c([Si](C)(C)C)s4)cc2C2(OCCO2)C3=O)sc1[Si](C)(C)C.CCCCCCc1cc(C)sc1[Si](C)(C)C.O=C1c2cc(Br)sc2-c2sc(Br)cc2C12OCCO2. The van der Waals surface area contributed by atoms with Crippen molar-refractivity contribution in [1.29, 1.82) is 0 Å². The van der Waals surface area contributed by atoms with Crippen LogP contribution in [0.3, 0.4) is 0 Å². The summed E-state index contributed by atoms with van der Waals surface area (Å²) in [5, 5.41) is 0. The van der Waals surface area contributed by atoms with Crippen molar-refractivity contribution >= 4 is 161 Å². The second kappa shape index (κ2) is 27.2. The molecule has 0 radical (unpaired) electrons. The predicted molar refractivity (Wildman–Crippen MR) is 375 cm³/mol. The van der Waals surface area contributed by atoms with Gasteiger partial charge in [-0.2, -0.15) is 11.3 Å². The van der Waals surface area contributed by atoms with Gasteiger partial charge in [0.2, 0.25) is 11.6 Å². The van der Waals surface area contributed by atoms with Crippen LogP contribution in [-0.2, 0) is 49.8 Å². The Morgan fingerprint density at radius 2 is 0.768 bits per heavy atom.